The number of hydrogen-bond acceptors (Lipinski definition) is 3. The van der Waals surface area contributed by atoms with Crippen LogP contribution in [0.4, 0.5) is 4.39 Å². The predicted octanol–water partition coefficient (Wildman–Crippen LogP) is 2.04. The molecule has 24 heavy (non-hydrogen) atoms. The second-order valence-electron chi connectivity index (χ2n) is 5.36. The van der Waals surface area contributed by atoms with Gasteiger partial charge in [-0.1, -0.05) is 12.1 Å². The maximum absolute atomic E-state index is 13.5. The molecule has 0 aliphatic carbocycles. The van der Waals surface area contributed by atoms with E-state index in [0.29, 0.717) is 12.5 Å². The zero-order chi connectivity index (χ0) is 17.2. The normalized spacial score (nSPS) is 12.7. The van der Waals surface area contributed by atoms with Crippen LogP contribution in [-0.2, 0) is 6.54 Å². The van der Waals surface area contributed by atoms with Crippen LogP contribution in [0, 0.1) is 5.82 Å². The van der Waals surface area contributed by atoms with E-state index in [4.69, 9.17) is 4.74 Å². The van der Waals surface area contributed by atoms with Gasteiger partial charge in [0.2, 0.25) is 0 Å². The van der Waals surface area contributed by atoms with Crippen LogP contribution >= 0.6 is 0 Å². The van der Waals surface area contributed by atoms with Crippen molar-refractivity contribution in [2.45, 2.75) is 26.0 Å². The van der Waals surface area contributed by atoms with Crippen LogP contribution in [0.5, 0.6) is 5.75 Å². The number of guanidine groups is 1. The highest BCUT2D eigenvalue weighted by Gasteiger charge is 2.08. The zero-order valence-corrected chi connectivity index (χ0v) is 14.1. The third-order valence-electron chi connectivity index (χ3n) is 3.36. The minimum Gasteiger partial charge on any atom is -0.486 e. The molecular formula is C17H24FN5O. The molecule has 1 atom stereocenters. The lowest BCUT2D eigenvalue weighted by atomic mass is 10.3. The first-order valence-electron chi connectivity index (χ1n) is 8.02. The second kappa shape index (κ2) is 9.54. The molecule has 0 amide bonds. The van der Waals surface area contributed by atoms with Crippen LogP contribution in [0.2, 0.25) is 0 Å². The van der Waals surface area contributed by atoms with E-state index in [9.17, 15) is 4.39 Å². The number of aliphatic imine (C=N–C) groups is 1. The topological polar surface area (TPSA) is 63.5 Å². The lowest BCUT2D eigenvalue weighted by Crippen LogP contribution is -2.42. The molecule has 0 aliphatic rings. The maximum Gasteiger partial charge on any atom is 0.191 e. The van der Waals surface area contributed by atoms with Crippen LogP contribution < -0.4 is 15.4 Å². The van der Waals surface area contributed by atoms with Crippen molar-refractivity contribution in [2.24, 2.45) is 4.99 Å². The van der Waals surface area contributed by atoms with Gasteiger partial charge in [0.25, 0.3) is 0 Å². The molecule has 7 heteroatoms. The summed E-state index contributed by atoms with van der Waals surface area (Å²) in [4.78, 5) is 4.16. The Morgan fingerprint density at radius 2 is 2.17 bits per heavy atom. The molecule has 6 nitrogen and oxygen atoms in total. The first-order valence-corrected chi connectivity index (χ1v) is 8.02. The van der Waals surface area contributed by atoms with Crippen LogP contribution in [0.15, 0.2) is 47.7 Å². The fourth-order valence-corrected chi connectivity index (χ4v) is 2.14. The van der Waals surface area contributed by atoms with Gasteiger partial charge >= 0.3 is 0 Å². The van der Waals surface area contributed by atoms with Crippen molar-refractivity contribution in [1.82, 2.24) is 20.4 Å². The number of aromatic nitrogens is 2. The molecule has 1 aromatic heterocycles. The highest BCUT2D eigenvalue weighted by atomic mass is 19.1. The predicted molar refractivity (Wildman–Crippen MR) is 92.7 cm³/mol. The summed E-state index contributed by atoms with van der Waals surface area (Å²) in [6, 6.07) is 8.30. The van der Waals surface area contributed by atoms with Gasteiger partial charge in [-0.3, -0.25) is 9.67 Å². The molecule has 0 spiro atoms. The van der Waals surface area contributed by atoms with Crippen molar-refractivity contribution in [1.29, 1.82) is 0 Å². The number of hydrogen-bond donors (Lipinski definition) is 2. The Morgan fingerprint density at radius 1 is 1.33 bits per heavy atom. The summed E-state index contributed by atoms with van der Waals surface area (Å²) >= 11 is 0. The van der Waals surface area contributed by atoms with E-state index in [2.05, 4.69) is 20.7 Å². The molecule has 0 bridgehead atoms. The number of nitrogens with one attached hydrogen (secondary N) is 2. The summed E-state index contributed by atoms with van der Waals surface area (Å²) in [5.74, 6) is 0.596. The summed E-state index contributed by atoms with van der Waals surface area (Å²) in [5, 5.41) is 10.6. The molecule has 2 N–H and O–H groups in total. The van der Waals surface area contributed by atoms with E-state index in [1.807, 2.05) is 23.9 Å². The van der Waals surface area contributed by atoms with Crippen molar-refractivity contribution >= 4 is 5.96 Å². The number of benzene rings is 1. The first kappa shape index (κ1) is 17.8. The Labute approximate surface area is 141 Å². The molecule has 0 saturated heterocycles. The van der Waals surface area contributed by atoms with Crippen LogP contribution in [0.1, 0.15) is 13.3 Å². The average Bonchev–Trinajstić information content (AvgIpc) is 3.10. The third kappa shape index (κ3) is 5.91. The standard InChI is InChI=1S/C17H24FN5O/c1-14(24-16-8-4-3-7-15(16)18)13-21-17(19-2)20-9-5-11-23-12-6-10-22-23/h3-4,6-8,10,12,14H,5,9,11,13H2,1-2H3,(H2,19,20,21). The minimum atomic E-state index is -0.356. The molecule has 2 rings (SSSR count). The fourth-order valence-electron chi connectivity index (χ4n) is 2.14. The van der Waals surface area contributed by atoms with Gasteiger partial charge in [0.1, 0.15) is 6.10 Å². The Morgan fingerprint density at radius 3 is 2.88 bits per heavy atom. The first-order chi connectivity index (χ1) is 11.7. The Hall–Kier alpha value is -2.57. The second-order valence-corrected chi connectivity index (χ2v) is 5.36. The molecule has 1 unspecified atom stereocenters. The van der Waals surface area contributed by atoms with Gasteiger partial charge < -0.3 is 15.4 Å². The Balaban J connectivity index is 1.66. The molecule has 0 fully saturated rings. The van der Waals surface area contributed by atoms with E-state index in [-0.39, 0.29) is 17.7 Å². The average molecular weight is 333 g/mol. The van der Waals surface area contributed by atoms with E-state index < -0.39 is 0 Å². The van der Waals surface area contributed by atoms with Crippen molar-refractivity contribution in [3.05, 3.63) is 48.5 Å². The number of rotatable bonds is 8. The van der Waals surface area contributed by atoms with E-state index >= 15 is 0 Å². The van der Waals surface area contributed by atoms with Crippen LogP contribution in [-0.4, -0.2) is 42.0 Å². The smallest absolute Gasteiger partial charge is 0.191 e. The third-order valence-corrected chi connectivity index (χ3v) is 3.36. The van der Waals surface area contributed by atoms with Gasteiger partial charge in [0, 0.05) is 32.5 Å². The molecule has 0 radical (unpaired) electrons. The van der Waals surface area contributed by atoms with Crippen LogP contribution in [0.3, 0.4) is 0 Å². The number of nitrogens with zero attached hydrogens (tertiary/aromatic N) is 3. The van der Waals surface area contributed by atoms with Crippen LogP contribution in [0.25, 0.3) is 0 Å². The Kier molecular flexibility index (Phi) is 7.07. The highest BCUT2D eigenvalue weighted by molar-refractivity contribution is 5.79. The van der Waals surface area contributed by atoms with Crippen molar-refractivity contribution in [2.75, 3.05) is 20.1 Å². The van der Waals surface area contributed by atoms with Gasteiger partial charge in [-0.25, -0.2) is 4.39 Å². The van der Waals surface area contributed by atoms with E-state index in [1.54, 1.807) is 31.4 Å². The number of halogens is 1. The molecule has 1 heterocycles. The highest BCUT2D eigenvalue weighted by Crippen LogP contribution is 2.16. The molecular weight excluding hydrogens is 309 g/mol. The van der Waals surface area contributed by atoms with Gasteiger partial charge in [0.05, 0.1) is 6.54 Å². The van der Waals surface area contributed by atoms with Crippen molar-refractivity contribution in [3.63, 3.8) is 0 Å². The number of aryl methyl sites for hydroxylation is 1. The van der Waals surface area contributed by atoms with Gasteiger partial charge in [0.15, 0.2) is 17.5 Å². The summed E-state index contributed by atoms with van der Waals surface area (Å²) in [7, 11) is 1.71. The summed E-state index contributed by atoms with van der Waals surface area (Å²) in [5.41, 5.74) is 0. The SMILES string of the molecule is CN=C(NCCCn1cccn1)NCC(C)Oc1ccccc1F. The monoisotopic (exact) mass is 333 g/mol. The summed E-state index contributed by atoms with van der Waals surface area (Å²) in [6.07, 6.45) is 4.45. The lowest BCUT2D eigenvalue weighted by Gasteiger charge is -2.18. The van der Waals surface area contributed by atoms with Gasteiger partial charge in [-0.15, -0.1) is 0 Å². The van der Waals surface area contributed by atoms with E-state index in [1.165, 1.54) is 6.07 Å². The van der Waals surface area contributed by atoms with Crippen molar-refractivity contribution in [3.8, 4) is 5.75 Å². The quantitative estimate of drug-likeness (QED) is 0.441. The largest absolute Gasteiger partial charge is 0.486 e. The molecule has 0 saturated carbocycles. The molecule has 130 valence electrons. The lowest BCUT2D eigenvalue weighted by molar-refractivity contribution is 0.214. The maximum atomic E-state index is 13.5. The van der Waals surface area contributed by atoms with Gasteiger partial charge in [-0.05, 0) is 31.5 Å². The molecule has 2 aromatic rings. The summed E-state index contributed by atoms with van der Waals surface area (Å²) < 4.78 is 21.0. The molecule has 0 aliphatic heterocycles. The minimum absolute atomic E-state index is 0.190. The Bertz CT molecular complexity index is 630. The zero-order valence-electron chi connectivity index (χ0n) is 14.1. The fraction of sp³-hybridized carbons (Fsp3) is 0.412. The summed E-state index contributed by atoms with van der Waals surface area (Å²) in [6.45, 7) is 4.03. The molecule has 1 aromatic carbocycles. The number of ether oxygens (including phenoxy) is 1. The van der Waals surface area contributed by atoms with Crippen molar-refractivity contribution < 1.29 is 9.13 Å². The number of para-hydroxylation sites is 1. The van der Waals surface area contributed by atoms with E-state index in [0.717, 1.165) is 19.5 Å². The van der Waals surface area contributed by atoms with Gasteiger partial charge in [-0.2, -0.15) is 5.10 Å².